The molecule has 0 aromatic heterocycles. The predicted octanol–water partition coefficient (Wildman–Crippen LogP) is 6.25. The van der Waals surface area contributed by atoms with E-state index in [1.165, 1.54) is 17.0 Å². The number of carbonyl (C=O) groups excluding carboxylic acids is 2. The highest BCUT2D eigenvalue weighted by Crippen LogP contribution is 2.31. The number of halogens is 2. The SMILES string of the molecule is CC[C@@H](C)NC(=O)[C@H](C)N(Cc1ccc(Br)cc1)C(=O)CN(c1cccc(Cl)c1C)S(=O)(=O)c1ccc(C)cc1. The molecule has 0 spiro atoms. The highest BCUT2D eigenvalue weighted by atomic mass is 79.9. The number of sulfonamides is 1. The van der Waals surface area contributed by atoms with Gasteiger partial charge in [0.1, 0.15) is 12.6 Å². The lowest BCUT2D eigenvalue weighted by atomic mass is 10.1. The number of carbonyl (C=O) groups is 2. The highest BCUT2D eigenvalue weighted by Gasteiger charge is 2.33. The van der Waals surface area contributed by atoms with Gasteiger partial charge in [0.25, 0.3) is 10.0 Å². The fourth-order valence-corrected chi connectivity index (χ4v) is 5.96. The van der Waals surface area contributed by atoms with Gasteiger partial charge in [0.15, 0.2) is 0 Å². The van der Waals surface area contributed by atoms with Crippen LogP contribution in [0.15, 0.2) is 76.1 Å². The number of nitrogens with zero attached hydrogens (tertiary/aromatic N) is 2. The molecular weight excluding hydrogens is 614 g/mol. The molecule has 0 aliphatic rings. The van der Waals surface area contributed by atoms with E-state index in [1.807, 2.05) is 45.0 Å². The third kappa shape index (κ3) is 7.65. The van der Waals surface area contributed by atoms with Crippen LogP contribution in [0.4, 0.5) is 5.69 Å². The topological polar surface area (TPSA) is 86.8 Å². The second-order valence-electron chi connectivity index (χ2n) is 9.85. The molecule has 0 saturated heterocycles. The van der Waals surface area contributed by atoms with E-state index in [-0.39, 0.29) is 23.4 Å². The van der Waals surface area contributed by atoms with Crippen LogP contribution in [0.5, 0.6) is 0 Å². The van der Waals surface area contributed by atoms with Crippen molar-refractivity contribution in [3.8, 4) is 0 Å². The Labute approximate surface area is 250 Å². The molecule has 0 bridgehead atoms. The fourth-order valence-electron chi connectivity index (χ4n) is 4.05. The number of anilines is 1. The summed E-state index contributed by atoms with van der Waals surface area (Å²) < 4.78 is 29.9. The first-order valence-corrected chi connectivity index (χ1v) is 15.6. The quantitative estimate of drug-likeness (QED) is 0.267. The van der Waals surface area contributed by atoms with E-state index in [1.54, 1.807) is 44.2 Å². The van der Waals surface area contributed by atoms with E-state index < -0.39 is 28.5 Å². The van der Waals surface area contributed by atoms with Crippen LogP contribution >= 0.6 is 27.5 Å². The molecule has 214 valence electrons. The van der Waals surface area contributed by atoms with E-state index in [9.17, 15) is 18.0 Å². The van der Waals surface area contributed by atoms with Crippen molar-refractivity contribution in [2.24, 2.45) is 0 Å². The third-order valence-corrected chi connectivity index (χ3v) is 9.54. The van der Waals surface area contributed by atoms with Gasteiger partial charge in [0.2, 0.25) is 11.8 Å². The minimum Gasteiger partial charge on any atom is -0.352 e. The van der Waals surface area contributed by atoms with Gasteiger partial charge in [-0.3, -0.25) is 13.9 Å². The van der Waals surface area contributed by atoms with Crippen molar-refractivity contribution in [3.05, 3.63) is 92.9 Å². The van der Waals surface area contributed by atoms with Crippen molar-refractivity contribution >= 4 is 55.1 Å². The van der Waals surface area contributed by atoms with Gasteiger partial charge in [-0.25, -0.2) is 8.42 Å². The summed E-state index contributed by atoms with van der Waals surface area (Å²) in [4.78, 5) is 28.6. The van der Waals surface area contributed by atoms with Crippen LogP contribution in [0.1, 0.15) is 43.9 Å². The molecule has 40 heavy (non-hydrogen) atoms. The van der Waals surface area contributed by atoms with Gasteiger partial charge in [-0.15, -0.1) is 0 Å². The molecule has 0 unspecified atom stereocenters. The number of hydrogen-bond donors (Lipinski definition) is 1. The van der Waals surface area contributed by atoms with Gasteiger partial charge in [-0.2, -0.15) is 0 Å². The summed E-state index contributed by atoms with van der Waals surface area (Å²) in [6.07, 6.45) is 0.732. The maximum Gasteiger partial charge on any atom is 0.264 e. The first kappa shape index (κ1) is 31.6. The number of amides is 2. The maximum absolute atomic E-state index is 14.0. The van der Waals surface area contributed by atoms with Crippen molar-refractivity contribution in [1.29, 1.82) is 0 Å². The summed E-state index contributed by atoms with van der Waals surface area (Å²) in [5.74, 6) is -0.837. The summed E-state index contributed by atoms with van der Waals surface area (Å²) in [6.45, 7) is 8.68. The molecule has 3 aromatic rings. The fraction of sp³-hybridized carbons (Fsp3) is 0.333. The second kappa shape index (κ2) is 13.7. The van der Waals surface area contributed by atoms with E-state index in [2.05, 4.69) is 21.2 Å². The smallest absolute Gasteiger partial charge is 0.264 e. The standard InChI is InChI=1S/C30H35BrClN3O4S/c1-6-21(3)33-30(37)23(5)34(18-24-12-14-25(31)15-13-24)29(36)19-35(28-9-7-8-27(32)22(28)4)40(38,39)26-16-10-20(2)11-17-26/h7-17,21,23H,6,18-19H2,1-5H3,(H,33,37)/t21-,23+/m1/s1. The average Bonchev–Trinajstić information content (AvgIpc) is 2.92. The third-order valence-electron chi connectivity index (χ3n) is 6.83. The molecule has 0 fully saturated rings. The van der Waals surface area contributed by atoms with Gasteiger partial charge in [0.05, 0.1) is 10.6 Å². The highest BCUT2D eigenvalue weighted by molar-refractivity contribution is 9.10. The Bertz CT molecular complexity index is 1450. The molecule has 0 aliphatic heterocycles. The van der Waals surface area contributed by atoms with Crippen LogP contribution in [-0.2, 0) is 26.2 Å². The summed E-state index contributed by atoms with van der Waals surface area (Å²) in [5.41, 5.74) is 2.52. The van der Waals surface area contributed by atoms with Crippen molar-refractivity contribution < 1.29 is 18.0 Å². The Morgan fingerprint density at radius 1 is 0.975 bits per heavy atom. The monoisotopic (exact) mass is 647 g/mol. The molecule has 2 amide bonds. The van der Waals surface area contributed by atoms with E-state index in [4.69, 9.17) is 11.6 Å². The molecule has 0 radical (unpaired) electrons. The molecule has 0 heterocycles. The lowest BCUT2D eigenvalue weighted by Gasteiger charge is -2.33. The minimum atomic E-state index is -4.17. The average molecular weight is 649 g/mol. The van der Waals surface area contributed by atoms with Gasteiger partial charge < -0.3 is 10.2 Å². The molecule has 3 aromatic carbocycles. The lowest BCUT2D eigenvalue weighted by molar-refractivity contribution is -0.139. The van der Waals surface area contributed by atoms with E-state index >= 15 is 0 Å². The van der Waals surface area contributed by atoms with E-state index in [0.717, 1.165) is 26.3 Å². The zero-order valence-electron chi connectivity index (χ0n) is 23.3. The van der Waals surface area contributed by atoms with Crippen LogP contribution in [0.3, 0.4) is 0 Å². The van der Waals surface area contributed by atoms with Crippen molar-refractivity contribution in [2.75, 3.05) is 10.8 Å². The number of nitrogens with one attached hydrogen (secondary N) is 1. The Hall–Kier alpha value is -2.88. The second-order valence-corrected chi connectivity index (χ2v) is 13.0. The van der Waals surface area contributed by atoms with Crippen LogP contribution in [-0.4, -0.2) is 43.8 Å². The summed E-state index contributed by atoms with van der Waals surface area (Å²) in [7, 11) is -4.17. The summed E-state index contributed by atoms with van der Waals surface area (Å²) in [5, 5.41) is 3.31. The van der Waals surface area contributed by atoms with Crippen molar-refractivity contribution in [1.82, 2.24) is 10.2 Å². The van der Waals surface area contributed by atoms with Crippen LogP contribution in [0.2, 0.25) is 5.02 Å². The first-order valence-electron chi connectivity index (χ1n) is 13.0. The molecule has 2 atom stereocenters. The van der Waals surface area contributed by atoms with Gasteiger partial charge in [0, 0.05) is 22.1 Å². The maximum atomic E-state index is 14.0. The van der Waals surface area contributed by atoms with Crippen LogP contribution < -0.4 is 9.62 Å². The Morgan fingerprint density at radius 2 is 1.60 bits per heavy atom. The Kier molecular flexibility index (Phi) is 10.8. The Balaban J connectivity index is 2.06. The molecule has 0 saturated carbocycles. The molecular formula is C30H35BrClN3O4S. The molecule has 10 heteroatoms. The van der Waals surface area contributed by atoms with Crippen LogP contribution in [0.25, 0.3) is 0 Å². The molecule has 0 aliphatic carbocycles. The zero-order chi connectivity index (χ0) is 29.6. The molecule has 7 nitrogen and oxygen atoms in total. The number of benzene rings is 3. The number of rotatable bonds is 11. The normalized spacial score (nSPS) is 12.9. The van der Waals surface area contributed by atoms with Crippen LogP contribution in [0, 0.1) is 13.8 Å². The van der Waals surface area contributed by atoms with Crippen molar-refractivity contribution in [3.63, 3.8) is 0 Å². The predicted molar refractivity (Wildman–Crippen MR) is 164 cm³/mol. The lowest BCUT2D eigenvalue weighted by Crippen LogP contribution is -2.52. The first-order chi connectivity index (χ1) is 18.8. The minimum absolute atomic E-state index is 0.0484. The zero-order valence-corrected chi connectivity index (χ0v) is 26.5. The Morgan fingerprint density at radius 3 is 2.20 bits per heavy atom. The van der Waals surface area contributed by atoms with E-state index in [0.29, 0.717) is 16.3 Å². The summed E-state index contributed by atoms with van der Waals surface area (Å²) >= 11 is 9.79. The molecule has 1 N–H and O–H groups in total. The van der Waals surface area contributed by atoms with Crippen molar-refractivity contribution in [2.45, 2.75) is 64.6 Å². The summed E-state index contributed by atoms with van der Waals surface area (Å²) in [6, 6.07) is 17.9. The molecule has 3 rings (SSSR count). The van der Waals surface area contributed by atoms with Gasteiger partial charge in [-0.05, 0) is 81.6 Å². The number of aryl methyl sites for hydroxylation is 1. The van der Waals surface area contributed by atoms with Gasteiger partial charge >= 0.3 is 0 Å². The largest absolute Gasteiger partial charge is 0.352 e. The van der Waals surface area contributed by atoms with Gasteiger partial charge in [-0.1, -0.05) is 70.3 Å². The number of hydrogen-bond acceptors (Lipinski definition) is 4.